The molecule has 1 amide bonds. The van der Waals surface area contributed by atoms with Crippen molar-refractivity contribution in [2.24, 2.45) is 0 Å². The first-order valence-corrected chi connectivity index (χ1v) is 8.16. The lowest BCUT2D eigenvalue weighted by Gasteiger charge is -2.21. The van der Waals surface area contributed by atoms with Crippen LogP contribution in [0.1, 0.15) is 49.7 Å². The fourth-order valence-corrected chi connectivity index (χ4v) is 2.99. The summed E-state index contributed by atoms with van der Waals surface area (Å²) >= 11 is 6.09. The third-order valence-electron chi connectivity index (χ3n) is 4.20. The van der Waals surface area contributed by atoms with Gasteiger partial charge >= 0.3 is 0 Å². The summed E-state index contributed by atoms with van der Waals surface area (Å²) in [6.07, 6.45) is 5.65. The summed E-state index contributed by atoms with van der Waals surface area (Å²) < 4.78 is 0. The van der Waals surface area contributed by atoms with Crippen LogP contribution in [-0.4, -0.2) is 23.2 Å². The van der Waals surface area contributed by atoms with E-state index in [0.717, 1.165) is 48.3 Å². The van der Waals surface area contributed by atoms with Gasteiger partial charge in [-0.05, 0) is 43.4 Å². The maximum Gasteiger partial charge on any atom is 0.220 e. The lowest BCUT2D eigenvalue weighted by Crippen LogP contribution is -2.42. The van der Waals surface area contributed by atoms with Crippen LogP contribution in [0.4, 0.5) is 0 Å². The van der Waals surface area contributed by atoms with E-state index in [4.69, 9.17) is 11.6 Å². The molecule has 1 aromatic carbocycles. The predicted octanol–water partition coefficient (Wildman–Crippen LogP) is 3.39. The summed E-state index contributed by atoms with van der Waals surface area (Å²) in [6.45, 7) is 1.96. The zero-order valence-corrected chi connectivity index (χ0v) is 13.3. The van der Waals surface area contributed by atoms with Gasteiger partial charge in [0.05, 0.1) is 12.1 Å². The highest BCUT2D eigenvalue weighted by Gasteiger charge is 2.22. The van der Waals surface area contributed by atoms with E-state index in [1.807, 2.05) is 25.1 Å². The van der Waals surface area contributed by atoms with Crippen molar-refractivity contribution >= 4 is 17.5 Å². The van der Waals surface area contributed by atoms with Gasteiger partial charge in [-0.25, -0.2) is 0 Å². The second kappa shape index (κ2) is 7.81. The zero-order chi connectivity index (χ0) is 15.2. The average Bonchev–Trinajstić information content (AvgIpc) is 2.65. The highest BCUT2D eigenvalue weighted by Crippen LogP contribution is 2.19. The number of aliphatic hydroxyl groups excluding tert-OH is 1. The van der Waals surface area contributed by atoms with Crippen molar-refractivity contribution in [2.75, 3.05) is 0 Å². The van der Waals surface area contributed by atoms with Gasteiger partial charge in [-0.2, -0.15) is 0 Å². The van der Waals surface area contributed by atoms with E-state index in [1.165, 1.54) is 0 Å². The number of nitrogens with one attached hydrogen (secondary N) is 1. The number of benzene rings is 1. The average molecular weight is 310 g/mol. The Morgan fingerprint density at radius 2 is 2.10 bits per heavy atom. The van der Waals surface area contributed by atoms with Crippen molar-refractivity contribution in [1.82, 2.24) is 5.32 Å². The van der Waals surface area contributed by atoms with Gasteiger partial charge < -0.3 is 10.4 Å². The second-order valence-electron chi connectivity index (χ2n) is 5.96. The Hall–Kier alpha value is -1.06. The monoisotopic (exact) mass is 309 g/mol. The first kappa shape index (κ1) is 16.3. The van der Waals surface area contributed by atoms with Gasteiger partial charge in [-0.15, -0.1) is 0 Å². The number of amides is 1. The molecule has 0 spiro atoms. The number of carbonyl (C=O) groups excluding carboxylic acids is 1. The van der Waals surface area contributed by atoms with Gasteiger partial charge in [0.15, 0.2) is 0 Å². The van der Waals surface area contributed by atoms with E-state index < -0.39 is 6.10 Å². The number of carbonyl (C=O) groups is 1. The number of rotatable bonds is 4. The van der Waals surface area contributed by atoms with E-state index in [9.17, 15) is 9.90 Å². The molecule has 1 fully saturated rings. The fraction of sp³-hybridized carbons (Fsp3) is 0.588. The molecule has 0 radical (unpaired) electrons. The minimum Gasteiger partial charge on any atom is -0.391 e. The van der Waals surface area contributed by atoms with Crippen molar-refractivity contribution in [3.05, 3.63) is 34.3 Å². The molecule has 2 atom stereocenters. The Balaban J connectivity index is 1.82. The molecule has 0 saturated heterocycles. The zero-order valence-electron chi connectivity index (χ0n) is 12.6. The quantitative estimate of drug-likeness (QED) is 0.838. The van der Waals surface area contributed by atoms with Crippen LogP contribution in [0.2, 0.25) is 5.02 Å². The van der Waals surface area contributed by atoms with Gasteiger partial charge in [-0.3, -0.25) is 4.79 Å². The first-order chi connectivity index (χ1) is 10.1. The van der Waals surface area contributed by atoms with E-state index in [1.54, 1.807) is 0 Å². The maximum atomic E-state index is 12.0. The van der Waals surface area contributed by atoms with Crippen LogP contribution in [-0.2, 0) is 11.2 Å². The van der Waals surface area contributed by atoms with Crippen molar-refractivity contribution in [3.8, 4) is 0 Å². The van der Waals surface area contributed by atoms with Gasteiger partial charge in [0.2, 0.25) is 5.91 Å². The van der Waals surface area contributed by atoms with Crippen LogP contribution < -0.4 is 5.32 Å². The van der Waals surface area contributed by atoms with Crippen LogP contribution in [0.5, 0.6) is 0 Å². The van der Waals surface area contributed by atoms with Crippen LogP contribution in [0.15, 0.2) is 18.2 Å². The van der Waals surface area contributed by atoms with Crippen molar-refractivity contribution in [1.29, 1.82) is 0 Å². The van der Waals surface area contributed by atoms with Crippen molar-refractivity contribution in [2.45, 2.75) is 64.0 Å². The van der Waals surface area contributed by atoms with Crippen LogP contribution in [0.3, 0.4) is 0 Å². The molecule has 1 aliphatic carbocycles. The van der Waals surface area contributed by atoms with Crippen LogP contribution >= 0.6 is 11.6 Å². The van der Waals surface area contributed by atoms with E-state index in [2.05, 4.69) is 5.32 Å². The Kier molecular flexibility index (Phi) is 6.07. The molecule has 2 N–H and O–H groups in total. The SMILES string of the molecule is Cc1ccc(CCC(=O)NC2CCCCCC2O)cc1Cl. The highest BCUT2D eigenvalue weighted by atomic mass is 35.5. The number of hydrogen-bond acceptors (Lipinski definition) is 2. The molecule has 0 aromatic heterocycles. The van der Waals surface area contributed by atoms with E-state index >= 15 is 0 Å². The van der Waals surface area contributed by atoms with Gasteiger partial charge in [0, 0.05) is 11.4 Å². The minimum atomic E-state index is -0.398. The molecule has 0 aliphatic heterocycles. The molecule has 1 aliphatic rings. The highest BCUT2D eigenvalue weighted by molar-refractivity contribution is 6.31. The predicted molar refractivity (Wildman–Crippen MR) is 85.5 cm³/mol. The second-order valence-corrected chi connectivity index (χ2v) is 6.37. The lowest BCUT2D eigenvalue weighted by molar-refractivity contribution is -0.122. The number of aryl methyl sites for hydroxylation is 2. The Bertz CT molecular complexity index is 490. The minimum absolute atomic E-state index is 0.0117. The summed E-state index contributed by atoms with van der Waals surface area (Å²) in [4.78, 5) is 12.0. The van der Waals surface area contributed by atoms with Crippen LogP contribution in [0, 0.1) is 6.92 Å². The molecule has 2 unspecified atom stereocenters. The molecule has 0 bridgehead atoms. The molecule has 21 heavy (non-hydrogen) atoms. The van der Waals surface area contributed by atoms with Gasteiger partial charge in [0.25, 0.3) is 0 Å². The maximum absolute atomic E-state index is 12.0. The lowest BCUT2D eigenvalue weighted by atomic mass is 10.0. The molecule has 1 aromatic rings. The Labute approximate surface area is 131 Å². The standard InChI is InChI=1S/C17H24ClNO2/c1-12-7-8-13(11-14(12)18)9-10-17(21)19-15-5-3-2-4-6-16(15)20/h7-8,11,15-16,20H,2-6,9-10H2,1H3,(H,19,21). The molecule has 3 nitrogen and oxygen atoms in total. The topological polar surface area (TPSA) is 49.3 Å². The summed E-state index contributed by atoms with van der Waals surface area (Å²) in [5.74, 6) is 0.0117. The van der Waals surface area contributed by atoms with Gasteiger partial charge in [0.1, 0.15) is 0 Å². The normalized spacial score (nSPS) is 22.6. The fourth-order valence-electron chi connectivity index (χ4n) is 2.79. The Morgan fingerprint density at radius 1 is 1.33 bits per heavy atom. The van der Waals surface area contributed by atoms with Gasteiger partial charge in [-0.1, -0.05) is 43.0 Å². The summed E-state index contributed by atoms with van der Waals surface area (Å²) in [5.41, 5.74) is 2.12. The van der Waals surface area contributed by atoms with Crippen LogP contribution in [0.25, 0.3) is 0 Å². The third-order valence-corrected chi connectivity index (χ3v) is 4.61. The molecule has 116 valence electrons. The third kappa shape index (κ3) is 5.01. The summed E-state index contributed by atoms with van der Waals surface area (Å²) in [5, 5.41) is 13.7. The molecule has 1 saturated carbocycles. The molecule has 0 heterocycles. The first-order valence-electron chi connectivity index (χ1n) is 7.78. The molecular weight excluding hydrogens is 286 g/mol. The molecule has 4 heteroatoms. The van der Waals surface area contributed by atoms with E-state index in [-0.39, 0.29) is 11.9 Å². The summed E-state index contributed by atoms with van der Waals surface area (Å²) in [6, 6.07) is 5.83. The number of halogens is 1. The summed E-state index contributed by atoms with van der Waals surface area (Å²) in [7, 11) is 0. The Morgan fingerprint density at radius 3 is 2.86 bits per heavy atom. The number of aliphatic hydroxyl groups is 1. The molecular formula is C17H24ClNO2. The van der Waals surface area contributed by atoms with Crippen molar-refractivity contribution < 1.29 is 9.90 Å². The smallest absolute Gasteiger partial charge is 0.220 e. The van der Waals surface area contributed by atoms with E-state index in [0.29, 0.717) is 12.8 Å². The molecule has 2 rings (SSSR count). The van der Waals surface area contributed by atoms with Crippen molar-refractivity contribution in [3.63, 3.8) is 0 Å². The number of hydrogen-bond donors (Lipinski definition) is 2. The largest absolute Gasteiger partial charge is 0.391 e.